The monoisotopic (exact) mass is 347 g/mol. The normalized spacial score (nSPS) is 26.3. The van der Waals surface area contributed by atoms with Crippen LogP contribution < -0.4 is 10.1 Å². The van der Waals surface area contributed by atoms with Gasteiger partial charge in [-0.1, -0.05) is 18.6 Å². The van der Waals surface area contributed by atoms with Crippen LogP contribution in [0.2, 0.25) is 0 Å². The third-order valence-electron chi connectivity index (χ3n) is 5.54. The molecule has 4 heteroatoms. The fraction of sp³-hybridized carbons (Fsp3) is 0.650. The maximum Gasteiger partial charge on any atom is 0.230 e. The lowest BCUT2D eigenvalue weighted by Gasteiger charge is -2.28. The van der Waals surface area contributed by atoms with Gasteiger partial charge in [-0.25, -0.2) is 0 Å². The van der Waals surface area contributed by atoms with Crippen LogP contribution in [0.25, 0.3) is 0 Å². The minimum Gasteiger partial charge on any atom is -0.493 e. The van der Waals surface area contributed by atoms with Crippen LogP contribution in [-0.4, -0.2) is 30.1 Å². The summed E-state index contributed by atoms with van der Waals surface area (Å²) in [6.45, 7) is 4.89. The van der Waals surface area contributed by atoms with E-state index in [1.807, 2.05) is 18.2 Å². The van der Waals surface area contributed by atoms with Gasteiger partial charge in [0.15, 0.2) is 0 Å². The number of hydrogen-bond acceptors (Lipinski definition) is 3. The molecular formula is C20H29NO2S. The number of amides is 1. The number of fused-ring (bicyclic) bond motifs is 2. The van der Waals surface area contributed by atoms with E-state index in [1.165, 1.54) is 31.2 Å². The highest BCUT2D eigenvalue weighted by Gasteiger charge is 2.42. The van der Waals surface area contributed by atoms with Gasteiger partial charge in [-0.2, -0.15) is 0 Å². The number of rotatable bonds is 8. The molecule has 1 N–H and O–H groups in total. The molecule has 0 saturated heterocycles. The molecule has 24 heavy (non-hydrogen) atoms. The summed E-state index contributed by atoms with van der Waals surface area (Å²) in [5.74, 6) is 4.96. The number of nitrogens with one attached hydrogen (secondary N) is 1. The molecule has 4 unspecified atom stereocenters. The minimum atomic E-state index is 0.172. The van der Waals surface area contributed by atoms with E-state index >= 15 is 0 Å². The van der Waals surface area contributed by atoms with Gasteiger partial charge in [-0.15, -0.1) is 11.8 Å². The van der Waals surface area contributed by atoms with E-state index in [9.17, 15) is 4.79 Å². The van der Waals surface area contributed by atoms with Gasteiger partial charge in [0, 0.05) is 11.8 Å². The highest BCUT2D eigenvalue weighted by atomic mass is 32.2. The van der Waals surface area contributed by atoms with Crippen LogP contribution in [-0.2, 0) is 4.79 Å². The van der Waals surface area contributed by atoms with Crippen molar-refractivity contribution in [2.45, 2.75) is 45.6 Å². The van der Waals surface area contributed by atoms with Crippen LogP contribution in [0.15, 0.2) is 24.3 Å². The molecule has 0 aromatic heterocycles. The first-order chi connectivity index (χ1) is 11.6. The zero-order valence-electron chi connectivity index (χ0n) is 14.8. The Labute approximate surface area is 149 Å². The van der Waals surface area contributed by atoms with Crippen molar-refractivity contribution in [1.29, 1.82) is 0 Å². The standard InChI is InChI=1S/C20H29NO2S/c1-14-4-3-5-18(10-14)23-8-9-24-13-20(22)21-15(2)19-12-16-6-7-17(19)11-16/h3-5,10,15-17,19H,6-9,11-13H2,1-2H3,(H,21,22). The summed E-state index contributed by atoms with van der Waals surface area (Å²) in [5.41, 5.74) is 1.20. The molecule has 132 valence electrons. The van der Waals surface area contributed by atoms with Gasteiger partial charge in [0.2, 0.25) is 5.91 Å². The molecule has 4 atom stereocenters. The molecule has 1 aromatic rings. The number of carbonyl (C=O) groups excluding carboxylic acids is 1. The van der Waals surface area contributed by atoms with Gasteiger partial charge < -0.3 is 10.1 Å². The third kappa shape index (κ3) is 4.69. The fourth-order valence-electron chi connectivity index (χ4n) is 4.40. The minimum absolute atomic E-state index is 0.172. The SMILES string of the molecule is Cc1cccc(OCCSCC(=O)NC(C)C2CC3CCC2C3)c1. The van der Waals surface area contributed by atoms with Crippen molar-refractivity contribution in [1.82, 2.24) is 5.32 Å². The first-order valence-corrected chi connectivity index (χ1v) is 10.3. The Morgan fingerprint density at radius 2 is 2.25 bits per heavy atom. The lowest BCUT2D eigenvalue weighted by molar-refractivity contribution is -0.119. The second-order valence-corrected chi connectivity index (χ2v) is 8.52. The van der Waals surface area contributed by atoms with Crippen molar-refractivity contribution in [3.05, 3.63) is 29.8 Å². The van der Waals surface area contributed by atoms with Crippen LogP contribution in [0.3, 0.4) is 0 Å². The molecule has 0 spiro atoms. The topological polar surface area (TPSA) is 38.3 Å². The van der Waals surface area contributed by atoms with E-state index in [4.69, 9.17) is 4.74 Å². The number of benzene rings is 1. The molecule has 3 rings (SSSR count). The van der Waals surface area contributed by atoms with Gasteiger partial charge in [0.1, 0.15) is 5.75 Å². The Hall–Kier alpha value is -1.16. The highest BCUT2D eigenvalue weighted by Crippen LogP contribution is 2.49. The Morgan fingerprint density at radius 3 is 2.96 bits per heavy atom. The quantitative estimate of drug-likeness (QED) is 0.721. The van der Waals surface area contributed by atoms with Gasteiger partial charge in [0.05, 0.1) is 12.4 Å². The number of thioether (sulfide) groups is 1. The Kier molecular flexibility index (Phi) is 6.09. The number of ether oxygens (including phenoxy) is 1. The van der Waals surface area contributed by atoms with E-state index in [-0.39, 0.29) is 5.91 Å². The smallest absolute Gasteiger partial charge is 0.230 e. The van der Waals surface area contributed by atoms with Crippen LogP contribution in [0, 0.1) is 24.7 Å². The highest BCUT2D eigenvalue weighted by molar-refractivity contribution is 7.99. The van der Waals surface area contributed by atoms with E-state index < -0.39 is 0 Å². The Bertz CT molecular complexity index is 562. The van der Waals surface area contributed by atoms with Crippen molar-refractivity contribution in [3.63, 3.8) is 0 Å². The molecule has 2 aliphatic carbocycles. The zero-order chi connectivity index (χ0) is 16.9. The predicted molar refractivity (Wildman–Crippen MR) is 101 cm³/mol. The maximum absolute atomic E-state index is 12.1. The number of aryl methyl sites for hydroxylation is 1. The van der Waals surface area contributed by atoms with Gasteiger partial charge in [-0.05, 0) is 68.6 Å². The molecule has 2 bridgehead atoms. The molecule has 0 heterocycles. The second kappa shape index (κ2) is 8.28. The fourth-order valence-corrected chi connectivity index (χ4v) is 5.01. The van der Waals surface area contributed by atoms with Crippen LogP contribution >= 0.6 is 11.8 Å². The molecule has 0 aliphatic heterocycles. The van der Waals surface area contributed by atoms with E-state index in [0.717, 1.165) is 23.3 Å². The number of carbonyl (C=O) groups is 1. The predicted octanol–water partition coefficient (Wildman–Crippen LogP) is 4.05. The first kappa shape index (κ1) is 17.7. The summed E-state index contributed by atoms with van der Waals surface area (Å²) in [6.07, 6.45) is 5.51. The van der Waals surface area contributed by atoms with E-state index in [0.29, 0.717) is 24.3 Å². The van der Waals surface area contributed by atoms with Crippen LogP contribution in [0.1, 0.15) is 38.2 Å². The number of hydrogen-bond donors (Lipinski definition) is 1. The molecule has 3 nitrogen and oxygen atoms in total. The lowest BCUT2D eigenvalue weighted by atomic mass is 9.84. The van der Waals surface area contributed by atoms with E-state index in [2.05, 4.69) is 25.2 Å². The third-order valence-corrected chi connectivity index (χ3v) is 6.46. The van der Waals surface area contributed by atoms with Crippen molar-refractivity contribution in [2.75, 3.05) is 18.1 Å². The molecule has 2 aliphatic rings. The molecule has 2 saturated carbocycles. The Morgan fingerprint density at radius 1 is 1.38 bits per heavy atom. The molecule has 1 amide bonds. The van der Waals surface area contributed by atoms with Crippen LogP contribution in [0.4, 0.5) is 0 Å². The van der Waals surface area contributed by atoms with Crippen molar-refractivity contribution in [2.24, 2.45) is 17.8 Å². The Balaban J connectivity index is 1.28. The van der Waals surface area contributed by atoms with Gasteiger partial charge in [-0.3, -0.25) is 4.79 Å². The summed E-state index contributed by atoms with van der Waals surface area (Å²) in [5, 5.41) is 3.22. The summed E-state index contributed by atoms with van der Waals surface area (Å²) in [7, 11) is 0. The summed E-state index contributed by atoms with van der Waals surface area (Å²) in [4.78, 5) is 12.1. The first-order valence-electron chi connectivity index (χ1n) is 9.18. The van der Waals surface area contributed by atoms with Crippen LogP contribution in [0.5, 0.6) is 5.75 Å². The molecule has 0 radical (unpaired) electrons. The zero-order valence-corrected chi connectivity index (χ0v) is 15.6. The average molecular weight is 348 g/mol. The summed E-state index contributed by atoms with van der Waals surface area (Å²) < 4.78 is 5.71. The average Bonchev–Trinajstić information content (AvgIpc) is 3.17. The van der Waals surface area contributed by atoms with Crippen molar-refractivity contribution in [3.8, 4) is 5.75 Å². The summed E-state index contributed by atoms with van der Waals surface area (Å²) in [6, 6.07) is 8.40. The largest absolute Gasteiger partial charge is 0.493 e. The van der Waals surface area contributed by atoms with Crippen molar-refractivity contribution < 1.29 is 9.53 Å². The molecule has 2 fully saturated rings. The second-order valence-electron chi connectivity index (χ2n) is 7.41. The van der Waals surface area contributed by atoms with Crippen molar-refractivity contribution >= 4 is 17.7 Å². The lowest BCUT2D eigenvalue weighted by Crippen LogP contribution is -2.41. The van der Waals surface area contributed by atoms with Gasteiger partial charge >= 0.3 is 0 Å². The van der Waals surface area contributed by atoms with E-state index in [1.54, 1.807) is 11.8 Å². The molecular weight excluding hydrogens is 318 g/mol. The summed E-state index contributed by atoms with van der Waals surface area (Å²) >= 11 is 1.65. The molecule has 1 aromatic carbocycles. The maximum atomic E-state index is 12.1. The van der Waals surface area contributed by atoms with Gasteiger partial charge in [0.25, 0.3) is 0 Å².